The Bertz CT molecular complexity index is 574. The second-order valence-corrected chi connectivity index (χ2v) is 13.4. The molecule has 134 valence electrons. The Kier molecular flexibility index (Phi) is 5.55. The lowest BCUT2D eigenvalue weighted by atomic mass is 9.72. The minimum absolute atomic E-state index is 0.00589. The smallest absolute Gasteiger partial charge is 0.236 e. The van der Waals surface area contributed by atoms with E-state index in [1.807, 2.05) is 11.0 Å². The first-order valence-corrected chi connectivity index (χ1v) is 12.4. The van der Waals surface area contributed by atoms with Gasteiger partial charge < -0.3 is 9.64 Å². The van der Waals surface area contributed by atoms with Crippen LogP contribution < -0.4 is 0 Å². The maximum atomic E-state index is 13.7. The molecule has 0 spiro atoms. The first-order chi connectivity index (χ1) is 11.1. The van der Waals surface area contributed by atoms with Crippen molar-refractivity contribution in [1.82, 2.24) is 4.90 Å². The Hall–Kier alpha value is -1.20. The second kappa shape index (κ2) is 6.96. The molecule has 2 rings (SSSR count). The second-order valence-electron chi connectivity index (χ2n) is 8.32. The van der Waals surface area contributed by atoms with Crippen LogP contribution in [0.25, 0.3) is 0 Å². The van der Waals surface area contributed by atoms with Crippen LogP contribution in [0.1, 0.15) is 26.7 Å². The number of methoxy groups -OCH3 is 1. The zero-order valence-corrected chi connectivity index (χ0v) is 16.9. The van der Waals surface area contributed by atoms with Gasteiger partial charge in [-0.25, -0.2) is 0 Å². The zero-order chi connectivity index (χ0) is 18.1. The number of likely N-dealkylation sites (tertiary alicyclic amines) is 1. The topological polar surface area (TPSA) is 46.6 Å². The number of hydrogen-bond acceptors (Lipinski definition) is 3. The summed E-state index contributed by atoms with van der Waals surface area (Å²) in [7, 11) is -0.154. The SMILES string of the molecule is COC[C@@H]1CCCN1C(=O)[C@@]1(C(C)C)C=CC(=O)C=C1[Si](C)(C)C. The highest BCUT2D eigenvalue weighted by atomic mass is 28.3. The van der Waals surface area contributed by atoms with Crippen LogP contribution in [-0.2, 0) is 14.3 Å². The van der Waals surface area contributed by atoms with Crippen LogP contribution in [0.3, 0.4) is 0 Å². The largest absolute Gasteiger partial charge is 0.383 e. The van der Waals surface area contributed by atoms with Gasteiger partial charge in [-0.3, -0.25) is 9.59 Å². The Morgan fingerprint density at radius 1 is 1.42 bits per heavy atom. The molecule has 4 nitrogen and oxygen atoms in total. The van der Waals surface area contributed by atoms with Crippen molar-refractivity contribution in [3.63, 3.8) is 0 Å². The van der Waals surface area contributed by atoms with Crippen molar-refractivity contribution in [2.24, 2.45) is 11.3 Å². The van der Waals surface area contributed by atoms with Crippen molar-refractivity contribution in [1.29, 1.82) is 0 Å². The lowest BCUT2D eigenvalue weighted by molar-refractivity contribution is -0.141. The first kappa shape index (κ1) is 19.1. The van der Waals surface area contributed by atoms with E-state index in [4.69, 9.17) is 4.74 Å². The van der Waals surface area contributed by atoms with Gasteiger partial charge in [-0.05, 0) is 30.9 Å². The summed E-state index contributed by atoms with van der Waals surface area (Å²) in [6.45, 7) is 12.2. The summed E-state index contributed by atoms with van der Waals surface area (Å²) in [5.74, 6) is 0.261. The van der Waals surface area contributed by atoms with Crippen molar-refractivity contribution >= 4 is 19.8 Å². The molecule has 0 saturated carbocycles. The highest BCUT2D eigenvalue weighted by molar-refractivity contribution is 6.84. The molecule has 1 aliphatic heterocycles. The number of ether oxygens (including phenoxy) is 1. The average Bonchev–Trinajstić information content (AvgIpc) is 2.94. The van der Waals surface area contributed by atoms with Crippen LogP contribution in [0, 0.1) is 11.3 Å². The van der Waals surface area contributed by atoms with E-state index in [-0.39, 0.29) is 23.7 Å². The van der Waals surface area contributed by atoms with E-state index < -0.39 is 13.5 Å². The summed E-state index contributed by atoms with van der Waals surface area (Å²) in [5, 5.41) is 1.06. The van der Waals surface area contributed by atoms with Gasteiger partial charge >= 0.3 is 0 Å². The van der Waals surface area contributed by atoms with Gasteiger partial charge in [-0.2, -0.15) is 0 Å². The number of allylic oxidation sites excluding steroid dienone is 2. The fraction of sp³-hybridized carbons (Fsp3) is 0.684. The molecule has 5 heteroatoms. The van der Waals surface area contributed by atoms with Crippen LogP contribution in [0.4, 0.5) is 0 Å². The highest BCUT2D eigenvalue weighted by Crippen LogP contribution is 2.46. The van der Waals surface area contributed by atoms with Gasteiger partial charge in [0.25, 0.3) is 0 Å². The maximum absolute atomic E-state index is 13.7. The lowest BCUT2D eigenvalue weighted by Crippen LogP contribution is -2.54. The Labute approximate surface area is 146 Å². The molecule has 1 saturated heterocycles. The quantitative estimate of drug-likeness (QED) is 0.716. The molecule has 0 aromatic rings. The number of rotatable bonds is 5. The molecule has 0 aromatic heterocycles. The summed E-state index contributed by atoms with van der Waals surface area (Å²) in [5.41, 5.74) is -0.686. The number of ketones is 1. The third-order valence-electron chi connectivity index (χ3n) is 5.31. The third kappa shape index (κ3) is 3.29. The molecule has 1 aliphatic carbocycles. The number of amides is 1. The monoisotopic (exact) mass is 349 g/mol. The van der Waals surface area contributed by atoms with E-state index in [1.165, 1.54) is 0 Å². The standard InChI is InChI=1S/C19H31NO3Si/c1-14(2)19(10-9-16(21)12-17(19)24(4,5)6)18(22)20-11-7-8-15(20)13-23-3/h9-10,12,14-15H,7-8,11,13H2,1-6H3/t15-,19+/m0/s1. The van der Waals surface area contributed by atoms with E-state index in [9.17, 15) is 9.59 Å². The molecule has 1 amide bonds. The van der Waals surface area contributed by atoms with Crippen LogP contribution in [0.2, 0.25) is 19.6 Å². The minimum Gasteiger partial charge on any atom is -0.383 e. The summed E-state index contributed by atoms with van der Waals surface area (Å²) in [6.07, 6.45) is 7.22. The highest BCUT2D eigenvalue weighted by Gasteiger charge is 2.51. The predicted octanol–water partition coefficient (Wildman–Crippen LogP) is 3.21. The molecule has 2 aliphatic rings. The van der Waals surface area contributed by atoms with Crippen molar-refractivity contribution < 1.29 is 14.3 Å². The van der Waals surface area contributed by atoms with Gasteiger partial charge in [0.1, 0.15) is 0 Å². The normalized spacial score (nSPS) is 27.8. The Morgan fingerprint density at radius 3 is 2.62 bits per heavy atom. The molecule has 0 unspecified atom stereocenters. The third-order valence-corrected chi connectivity index (χ3v) is 7.49. The van der Waals surface area contributed by atoms with E-state index in [2.05, 4.69) is 33.5 Å². The van der Waals surface area contributed by atoms with Crippen molar-refractivity contribution in [3.8, 4) is 0 Å². The van der Waals surface area contributed by atoms with Gasteiger partial charge in [0.05, 0.1) is 26.1 Å². The molecule has 0 N–H and O–H groups in total. The van der Waals surface area contributed by atoms with Crippen LogP contribution in [-0.4, -0.2) is 51.0 Å². The molecule has 0 bridgehead atoms. The summed E-state index contributed by atoms with van der Waals surface area (Å²) in [4.78, 5) is 27.8. The van der Waals surface area contributed by atoms with Gasteiger partial charge in [0.2, 0.25) is 5.91 Å². The number of nitrogens with zero attached hydrogens (tertiary/aromatic N) is 1. The number of hydrogen-bond donors (Lipinski definition) is 0. The van der Waals surface area contributed by atoms with Gasteiger partial charge in [0.15, 0.2) is 5.78 Å². The van der Waals surface area contributed by atoms with Crippen LogP contribution in [0.5, 0.6) is 0 Å². The fourth-order valence-corrected chi connectivity index (χ4v) is 6.39. The van der Waals surface area contributed by atoms with E-state index in [0.29, 0.717) is 6.61 Å². The lowest BCUT2D eigenvalue weighted by Gasteiger charge is -2.45. The number of carbonyl (C=O) groups excluding carboxylic acids is 2. The van der Waals surface area contributed by atoms with Crippen LogP contribution in [0.15, 0.2) is 23.4 Å². The number of carbonyl (C=O) groups is 2. The van der Waals surface area contributed by atoms with Crippen molar-refractivity contribution in [2.75, 3.05) is 20.3 Å². The van der Waals surface area contributed by atoms with Crippen molar-refractivity contribution in [2.45, 2.75) is 52.4 Å². The molecule has 24 heavy (non-hydrogen) atoms. The summed E-state index contributed by atoms with van der Waals surface area (Å²) < 4.78 is 5.33. The van der Waals surface area contributed by atoms with Crippen LogP contribution >= 0.6 is 0 Å². The average molecular weight is 350 g/mol. The Morgan fingerprint density at radius 2 is 2.08 bits per heavy atom. The minimum atomic E-state index is -1.84. The van der Waals surface area contributed by atoms with Crippen molar-refractivity contribution in [3.05, 3.63) is 23.4 Å². The molecular weight excluding hydrogens is 318 g/mol. The Balaban J connectivity index is 2.50. The first-order valence-electron chi connectivity index (χ1n) is 8.90. The predicted molar refractivity (Wildman–Crippen MR) is 99.5 cm³/mol. The molecular formula is C19H31NO3Si. The van der Waals surface area contributed by atoms with E-state index in [1.54, 1.807) is 19.3 Å². The van der Waals surface area contributed by atoms with E-state index in [0.717, 1.165) is 24.6 Å². The van der Waals surface area contributed by atoms with Gasteiger partial charge in [0, 0.05) is 13.7 Å². The van der Waals surface area contributed by atoms with Gasteiger partial charge in [-0.15, -0.1) is 0 Å². The molecule has 0 aromatic carbocycles. The maximum Gasteiger partial charge on any atom is 0.236 e. The molecule has 1 heterocycles. The molecule has 0 radical (unpaired) electrons. The summed E-state index contributed by atoms with van der Waals surface area (Å²) in [6, 6.07) is 0.145. The summed E-state index contributed by atoms with van der Waals surface area (Å²) >= 11 is 0. The zero-order valence-electron chi connectivity index (χ0n) is 15.9. The molecule has 2 atom stereocenters. The van der Waals surface area contributed by atoms with E-state index >= 15 is 0 Å². The fourth-order valence-electron chi connectivity index (χ4n) is 4.09. The van der Waals surface area contributed by atoms with Gasteiger partial charge in [-0.1, -0.05) is 44.8 Å². The molecule has 1 fully saturated rings.